The fraction of sp³-hybridized carbons (Fsp3) is 0.0952. The Balaban J connectivity index is 1.76. The lowest BCUT2D eigenvalue weighted by molar-refractivity contribution is 0.102. The molecule has 0 aliphatic rings. The van der Waals surface area contributed by atoms with Crippen molar-refractivity contribution in [3.63, 3.8) is 0 Å². The van der Waals surface area contributed by atoms with Crippen molar-refractivity contribution < 1.29 is 18.3 Å². The van der Waals surface area contributed by atoms with Crippen LogP contribution in [0.25, 0.3) is 0 Å². The number of hydrogen-bond acceptors (Lipinski definition) is 4. The lowest BCUT2D eigenvalue weighted by Gasteiger charge is -2.12. The number of hydrogen-bond donors (Lipinski definition) is 3. The molecule has 0 heterocycles. The van der Waals surface area contributed by atoms with E-state index in [0.29, 0.717) is 22.5 Å². The molecule has 0 aromatic heterocycles. The minimum atomic E-state index is -3.74. The van der Waals surface area contributed by atoms with Crippen LogP contribution in [0.5, 0.6) is 5.75 Å². The summed E-state index contributed by atoms with van der Waals surface area (Å²) in [6, 6.07) is 17.7. The van der Waals surface area contributed by atoms with E-state index in [4.69, 9.17) is 0 Å². The van der Waals surface area contributed by atoms with Crippen LogP contribution in [0.4, 0.5) is 11.4 Å². The zero-order valence-electron chi connectivity index (χ0n) is 15.4. The third-order valence-corrected chi connectivity index (χ3v) is 5.71. The summed E-state index contributed by atoms with van der Waals surface area (Å²) >= 11 is 0. The Bertz CT molecular complexity index is 1120. The molecule has 0 saturated carbocycles. The molecular formula is C21H20N2O4S. The number of sulfonamides is 1. The first kappa shape index (κ1) is 19.4. The quantitative estimate of drug-likeness (QED) is 0.567. The monoisotopic (exact) mass is 396 g/mol. The number of rotatable bonds is 5. The fourth-order valence-electron chi connectivity index (χ4n) is 2.67. The van der Waals surface area contributed by atoms with Crippen molar-refractivity contribution in [1.82, 2.24) is 0 Å². The highest BCUT2D eigenvalue weighted by Gasteiger charge is 2.17. The third kappa shape index (κ3) is 4.32. The molecule has 0 aliphatic heterocycles. The summed E-state index contributed by atoms with van der Waals surface area (Å²) < 4.78 is 27.8. The number of anilines is 2. The first-order valence-electron chi connectivity index (χ1n) is 8.56. The van der Waals surface area contributed by atoms with Crippen LogP contribution in [0.15, 0.2) is 71.6 Å². The van der Waals surface area contributed by atoms with Gasteiger partial charge >= 0.3 is 0 Å². The Morgan fingerprint density at radius 3 is 2.29 bits per heavy atom. The summed E-state index contributed by atoms with van der Waals surface area (Å²) in [5, 5.41) is 12.3. The van der Waals surface area contributed by atoms with Crippen molar-refractivity contribution in [2.24, 2.45) is 0 Å². The highest BCUT2D eigenvalue weighted by atomic mass is 32.2. The van der Waals surface area contributed by atoms with Gasteiger partial charge in [-0.15, -0.1) is 0 Å². The van der Waals surface area contributed by atoms with Crippen molar-refractivity contribution >= 4 is 27.3 Å². The van der Waals surface area contributed by atoms with Gasteiger partial charge in [-0.1, -0.05) is 24.3 Å². The summed E-state index contributed by atoms with van der Waals surface area (Å²) in [5.74, 6) is -0.445. The van der Waals surface area contributed by atoms with Crippen molar-refractivity contribution in [2.75, 3.05) is 10.0 Å². The lowest BCUT2D eigenvalue weighted by atomic mass is 10.2. The zero-order chi connectivity index (χ0) is 20.3. The summed E-state index contributed by atoms with van der Waals surface area (Å²) in [6.07, 6.45) is 0. The maximum Gasteiger partial charge on any atom is 0.262 e. The molecule has 3 aromatic carbocycles. The maximum absolute atomic E-state index is 12.7. The Morgan fingerprint density at radius 2 is 1.61 bits per heavy atom. The number of phenols is 1. The van der Waals surface area contributed by atoms with Gasteiger partial charge in [0.1, 0.15) is 5.75 Å². The number of aromatic hydroxyl groups is 1. The first-order valence-corrected chi connectivity index (χ1v) is 10.0. The van der Waals surface area contributed by atoms with E-state index in [1.54, 1.807) is 37.3 Å². The van der Waals surface area contributed by atoms with E-state index in [9.17, 15) is 18.3 Å². The van der Waals surface area contributed by atoms with Gasteiger partial charge in [-0.2, -0.15) is 0 Å². The van der Waals surface area contributed by atoms with Crippen LogP contribution in [0, 0.1) is 13.8 Å². The number of amides is 1. The molecule has 3 N–H and O–H groups in total. The number of carbonyl (C=O) groups excluding carboxylic acids is 1. The minimum Gasteiger partial charge on any atom is -0.506 e. The van der Waals surface area contributed by atoms with Crippen molar-refractivity contribution in [3.8, 4) is 5.75 Å². The predicted octanol–water partition coefficient (Wildman–Crippen LogP) is 4.06. The Kier molecular flexibility index (Phi) is 5.37. The van der Waals surface area contributed by atoms with E-state index in [1.807, 2.05) is 13.0 Å². The number of aryl methyl sites for hydroxylation is 2. The van der Waals surface area contributed by atoms with Crippen molar-refractivity contribution in [3.05, 3.63) is 83.4 Å². The molecule has 0 fully saturated rings. The maximum atomic E-state index is 12.7. The van der Waals surface area contributed by atoms with E-state index >= 15 is 0 Å². The normalized spacial score (nSPS) is 11.1. The molecule has 7 heteroatoms. The van der Waals surface area contributed by atoms with E-state index in [-0.39, 0.29) is 10.6 Å². The summed E-state index contributed by atoms with van der Waals surface area (Å²) in [6.45, 7) is 3.57. The molecule has 0 spiro atoms. The lowest BCUT2D eigenvalue weighted by Crippen LogP contribution is -2.15. The predicted molar refractivity (Wildman–Crippen MR) is 109 cm³/mol. The Morgan fingerprint density at radius 1 is 0.929 bits per heavy atom. The Hall–Kier alpha value is -3.32. The Labute approximate surface area is 163 Å². The van der Waals surface area contributed by atoms with Gasteiger partial charge in [-0.3, -0.25) is 9.52 Å². The zero-order valence-corrected chi connectivity index (χ0v) is 16.2. The van der Waals surface area contributed by atoms with Crippen LogP contribution >= 0.6 is 0 Å². The largest absolute Gasteiger partial charge is 0.506 e. The highest BCUT2D eigenvalue weighted by Crippen LogP contribution is 2.23. The van der Waals surface area contributed by atoms with Crippen LogP contribution < -0.4 is 10.0 Å². The molecule has 6 nitrogen and oxygen atoms in total. The molecule has 0 aliphatic carbocycles. The average Bonchev–Trinajstić information content (AvgIpc) is 2.65. The number of benzene rings is 3. The first-order chi connectivity index (χ1) is 13.3. The molecule has 144 valence electrons. The molecule has 1 amide bonds. The van der Waals surface area contributed by atoms with Gasteiger partial charge in [0.15, 0.2) is 0 Å². The number of para-hydroxylation sites is 2. The van der Waals surface area contributed by atoms with Gasteiger partial charge in [0.25, 0.3) is 15.9 Å². The SMILES string of the molecule is Cc1ccc(C)c(S(=O)(=O)Nc2ccc(C(=O)Nc3ccccc3O)cc2)c1. The van der Waals surface area contributed by atoms with Crippen LogP contribution in [0.1, 0.15) is 21.5 Å². The van der Waals surface area contributed by atoms with Gasteiger partial charge in [0.2, 0.25) is 0 Å². The molecule has 0 bridgehead atoms. The molecule has 0 saturated heterocycles. The second kappa shape index (κ2) is 7.74. The molecule has 0 unspecified atom stereocenters. The number of nitrogens with one attached hydrogen (secondary N) is 2. The second-order valence-corrected chi connectivity index (χ2v) is 8.07. The number of carbonyl (C=O) groups is 1. The topological polar surface area (TPSA) is 95.5 Å². The minimum absolute atomic E-state index is 0.0336. The van der Waals surface area contributed by atoms with Gasteiger partial charge in [0.05, 0.1) is 10.6 Å². The third-order valence-electron chi connectivity index (χ3n) is 4.18. The molecule has 28 heavy (non-hydrogen) atoms. The summed E-state index contributed by atoms with van der Waals surface area (Å²) in [4.78, 5) is 12.5. The fourth-order valence-corrected chi connectivity index (χ4v) is 4.06. The summed E-state index contributed by atoms with van der Waals surface area (Å²) in [7, 11) is -3.74. The van der Waals surface area contributed by atoms with E-state index < -0.39 is 15.9 Å². The van der Waals surface area contributed by atoms with Crippen molar-refractivity contribution in [2.45, 2.75) is 18.7 Å². The van der Waals surface area contributed by atoms with Gasteiger partial charge < -0.3 is 10.4 Å². The van der Waals surface area contributed by atoms with Crippen LogP contribution in [0.3, 0.4) is 0 Å². The van der Waals surface area contributed by atoms with E-state index in [1.165, 1.54) is 30.3 Å². The van der Waals surface area contributed by atoms with Crippen molar-refractivity contribution in [1.29, 1.82) is 0 Å². The number of phenolic OH excluding ortho intramolecular Hbond substituents is 1. The van der Waals surface area contributed by atoms with Gasteiger partial charge in [0, 0.05) is 11.3 Å². The molecular weight excluding hydrogens is 376 g/mol. The standard InChI is InChI=1S/C21H20N2O4S/c1-14-7-8-15(2)20(13-14)28(26,27)23-17-11-9-16(10-12-17)21(25)22-18-5-3-4-6-19(18)24/h3-13,23-24H,1-2H3,(H,22,25). The van der Waals surface area contributed by atoms with Crippen LogP contribution in [0.2, 0.25) is 0 Å². The van der Waals surface area contributed by atoms with E-state index in [2.05, 4.69) is 10.0 Å². The van der Waals surface area contributed by atoms with Gasteiger partial charge in [-0.25, -0.2) is 8.42 Å². The smallest absolute Gasteiger partial charge is 0.262 e. The average molecular weight is 396 g/mol. The van der Waals surface area contributed by atoms with Gasteiger partial charge in [-0.05, 0) is 67.4 Å². The molecule has 0 radical (unpaired) electrons. The second-order valence-electron chi connectivity index (χ2n) is 6.42. The summed E-state index contributed by atoms with van der Waals surface area (Å²) in [5.41, 5.74) is 2.48. The van der Waals surface area contributed by atoms with Crippen LogP contribution in [-0.2, 0) is 10.0 Å². The van der Waals surface area contributed by atoms with E-state index in [0.717, 1.165) is 5.56 Å². The highest BCUT2D eigenvalue weighted by molar-refractivity contribution is 7.92. The molecule has 3 rings (SSSR count). The van der Waals surface area contributed by atoms with Crippen LogP contribution in [-0.4, -0.2) is 19.4 Å². The molecule has 0 atom stereocenters. The molecule has 3 aromatic rings.